The second-order valence-corrected chi connectivity index (χ2v) is 4.43. The molecule has 0 aromatic heterocycles. The van der Waals surface area contributed by atoms with Crippen LogP contribution < -0.4 is 0 Å². The Kier molecular flexibility index (Phi) is 7.94. The van der Waals surface area contributed by atoms with Gasteiger partial charge in [0.25, 0.3) is 0 Å². The fourth-order valence-electron chi connectivity index (χ4n) is 2.04. The Morgan fingerprint density at radius 2 is 1.47 bits per heavy atom. The summed E-state index contributed by atoms with van der Waals surface area (Å²) in [6.07, 6.45) is 9.36. The third kappa shape index (κ3) is 6.91. The van der Waals surface area contributed by atoms with Crippen LogP contribution in [0.4, 0.5) is 0 Å². The van der Waals surface area contributed by atoms with Crippen LogP contribution in [0.25, 0.3) is 0 Å². The molecule has 0 atom stereocenters. The van der Waals surface area contributed by atoms with Gasteiger partial charge < -0.3 is 4.74 Å². The average molecular weight is 212 g/mol. The van der Waals surface area contributed by atoms with E-state index in [1.54, 1.807) is 0 Å². The summed E-state index contributed by atoms with van der Waals surface area (Å²) in [4.78, 5) is 2.53. The van der Waals surface area contributed by atoms with Crippen molar-refractivity contribution in [3.05, 3.63) is 6.92 Å². The van der Waals surface area contributed by atoms with E-state index in [0.29, 0.717) is 0 Å². The van der Waals surface area contributed by atoms with Crippen molar-refractivity contribution in [1.82, 2.24) is 4.90 Å². The number of morpholine rings is 1. The molecule has 1 aliphatic heterocycles. The van der Waals surface area contributed by atoms with Crippen molar-refractivity contribution in [3.63, 3.8) is 0 Å². The maximum atomic E-state index is 5.32. The zero-order chi connectivity index (χ0) is 10.8. The van der Waals surface area contributed by atoms with Crippen LogP contribution in [0, 0.1) is 6.92 Å². The van der Waals surface area contributed by atoms with Crippen molar-refractivity contribution in [2.24, 2.45) is 0 Å². The largest absolute Gasteiger partial charge is 0.379 e. The lowest BCUT2D eigenvalue weighted by Crippen LogP contribution is -2.36. The quantitative estimate of drug-likeness (QED) is 0.574. The van der Waals surface area contributed by atoms with Gasteiger partial charge in [0, 0.05) is 13.1 Å². The lowest BCUT2D eigenvalue weighted by Gasteiger charge is -2.26. The minimum absolute atomic E-state index is 0.934. The first kappa shape index (κ1) is 13.0. The van der Waals surface area contributed by atoms with Gasteiger partial charge in [-0.05, 0) is 13.0 Å². The standard InChI is InChI=1S/C13H26NO/c1-2-3-4-5-6-7-8-9-14-10-12-15-13-11-14/h1-13H2. The molecule has 0 aromatic rings. The van der Waals surface area contributed by atoms with Crippen LogP contribution in [-0.2, 0) is 4.74 Å². The minimum atomic E-state index is 0.934. The fraction of sp³-hybridized carbons (Fsp3) is 0.923. The van der Waals surface area contributed by atoms with Crippen LogP contribution in [0.3, 0.4) is 0 Å². The fourth-order valence-corrected chi connectivity index (χ4v) is 2.04. The van der Waals surface area contributed by atoms with E-state index in [1.165, 1.54) is 45.1 Å². The van der Waals surface area contributed by atoms with Crippen LogP contribution in [0.5, 0.6) is 0 Å². The van der Waals surface area contributed by atoms with Crippen molar-refractivity contribution in [2.75, 3.05) is 32.8 Å². The molecule has 2 heteroatoms. The van der Waals surface area contributed by atoms with Gasteiger partial charge in [-0.3, -0.25) is 4.90 Å². The molecule has 0 bridgehead atoms. The molecule has 1 radical (unpaired) electrons. The van der Waals surface area contributed by atoms with E-state index in [2.05, 4.69) is 11.8 Å². The Hall–Kier alpha value is -0.0800. The molecule has 0 N–H and O–H groups in total. The number of unbranched alkanes of at least 4 members (excludes halogenated alkanes) is 6. The van der Waals surface area contributed by atoms with Crippen LogP contribution in [0.1, 0.15) is 44.9 Å². The predicted molar refractivity (Wildman–Crippen MR) is 64.9 cm³/mol. The maximum Gasteiger partial charge on any atom is 0.0594 e. The summed E-state index contributed by atoms with van der Waals surface area (Å²) < 4.78 is 5.32. The Bertz CT molecular complexity index is 132. The number of rotatable bonds is 8. The van der Waals surface area contributed by atoms with E-state index >= 15 is 0 Å². The second-order valence-electron chi connectivity index (χ2n) is 4.43. The second kappa shape index (κ2) is 9.17. The molecular weight excluding hydrogens is 186 g/mol. The lowest BCUT2D eigenvalue weighted by molar-refractivity contribution is 0.0371. The Balaban J connectivity index is 1.79. The van der Waals surface area contributed by atoms with E-state index < -0.39 is 0 Å². The molecule has 0 saturated carbocycles. The maximum absolute atomic E-state index is 5.32. The van der Waals surface area contributed by atoms with Crippen molar-refractivity contribution in [3.8, 4) is 0 Å². The van der Waals surface area contributed by atoms with Gasteiger partial charge in [0.05, 0.1) is 13.2 Å². The van der Waals surface area contributed by atoms with Crippen molar-refractivity contribution in [1.29, 1.82) is 0 Å². The van der Waals surface area contributed by atoms with E-state index in [0.717, 1.165) is 32.7 Å². The minimum Gasteiger partial charge on any atom is -0.379 e. The van der Waals surface area contributed by atoms with Crippen LogP contribution >= 0.6 is 0 Å². The molecule has 0 unspecified atom stereocenters. The van der Waals surface area contributed by atoms with Crippen molar-refractivity contribution >= 4 is 0 Å². The molecule has 1 fully saturated rings. The molecule has 1 aliphatic rings. The highest BCUT2D eigenvalue weighted by atomic mass is 16.5. The van der Waals surface area contributed by atoms with Gasteiger partial charge in [-0.2, -0.15) is 0 Å². The van der Waals surface area contributed by atoms with Gasteiger partial charge in [-0.25, -0.2) is 0 Å². The highest BCUT2D eigenvalue weighted by molar-refractivity contribution is 4.61. The Morgan fingerprint density at radius 3 is 2.13 bits per heavy atom. The van der Waals surface area contributed by atoms with E-state index in [9.17, 15) is 0 Å². The number of nitrogens with zero attached hydrogens (tertiary/aromatic N) is 1. The first-order valence-electron chi connectivity index (χ1n) is 6.53. The normalized spacial score (nSPS) is 18.2. The first-order chi connectivity index (χ1) is 7.43. The smallest absolute Gasteiger partial charge is 0.0594 e. The molecule has 0 aliphatic carbocycles. The van der Waals surface area contributed by atoms with E-state index in [1.807, 2.05) is 0 Å². The summed E-state index contributed by atoms with van der Waals surface area (Å²) in [7, 11) is 0. The summed E-state index contributed by atoms with van der Waals surface area (Å²) >= 11 is 0. The monoisotopic (exact) mass is 212 g/mol. The number of hydrogen-bond donors (Lipinski definition) is 0. The third-order valence-electron chi connectivity index (χ3n) is 3.08. The third-order valence-corrected chi connectivity index (χ3v) is 3.08. The first-order valence-corrected chi connectivity index (χ1v) is 6.53. The summed E-state index contributed by atoms with van der Waals surface area (Å²) in [6.45, 7) is 9.29. The van der Waals surface area contributed by atoms with Crippen molar-refractivity contribution < 1.29 is 4.74 Å². The van der Waals surface area contributed by atoms with Crippen LogP contribution in [0.2, 0.25) is 0 Å². The Labute approximate surface area is 95.0 Å². The molecular formula is C13H26NO. The Morgan fingerprint density at radius 1 is 0.867 bits per heavy atom. The van der Waals surface area contributed by atoms with Crippen LogP contribution in [-0.4, -0.2) is 37.7 Å². The molecule has 0 aromatic carbocycles. The van der Waals surface area contributed by atoms with Gasteiger partial charge >= 0.3 is 0 Å². The summed E-state index contributed by atoms with van der Waals surface area (Å²) in [6, 6.07) is 0. The molecule has 15 heavy (non-hydrogen) atoms. The molecule has 1 saturated heterocycles. The molecule has 89 valence electrons. The summed E-state index contributed by atoms with van der Waals surface area (Å²) in [5.41, 5.74) is 0. The highest BCUT2D eigenvalue weighted by Gasteiger charge is 2.08. The van der Waals surface area contributed by atoms with Gasteiger partial charge in [0.2, 0.25) is 0 Å². The molecule has 0 amide bonds. The topological polar surface area (TPSA) is 12.5 Å². The zero-order valence-electron chi connectivity index (χ0n) is 10.0. The predicted octanol–water partition coefficient (Wildman–Crippen LogP) is 2.88. The van der Waals surface area contributed by atoms with Gasteiger partial charge in [0.1, 0.15) is 0 Å². The highest BCUT2D eigenvalue weighted by Crippen LogP contribution is 2.08. The van der Waals surface area contributed by atoms with Crippen LogP contribution in [0.15, 0.2) is 0 Å². The molecule has 0 spiro atoms. The van der Waals surface area contributed by atoms with E-state index in [4.69, 9.17) is 4.74 Å². The average Bonchev–Trinajstić information content (AvgIpc) is 2.29. The number of hydrogen-bond acceptors (Lipinski definition) is 2. The number of ether oxygens (including phenoxy) is 1. The summed E-state index contributed by atoms with van der Waals surface area (Å²) in [5, 5.41) is 0. The molecule has 1 heterocycles. The van der Waals surface area contributed by atoms with Gasteiger partial charge in [-0.1, -0.05) is 45.4 Å². The lowest BCUT2D eigenvalue weighted by atomic mass is 10.1. The van der Waals surface area contributed by atoms with Crippen molar-refractivity contribution in [2.45, 2.75) is 44.9 Å². The molecule has 2 nitrogen and oxygen atoms in total. The zero-order valence-corrected chi connectivity index (χ0v) is 10.0. The SMILES string of the molecule is [CH2]CCCCCCCCN1CCOCC1. The van der Waals surface area contributed by atoms with Gasteiger partial charge in [-0.15, -0.1) is 0 Å². The molecule has 1 rings (SSSR count). The van der Waals surface area contributed by atoms with E-state index in [-0.39, 0.29) is 0 Å². The summed E-state index contributed by atoms with van der Waals surface area (Å²) in [5.74, 6) is 0. The van der Waals surface area contributed by atoms with Gasteiger partial charge in [0.15, 0.2) is 0 Å².